The Kier molecular flexibility index (Phi) is 8.05. The number of halogens is 1. The third-order valence-corrected chi connectivity index (χ3v) is 14.8. The van der Waals surface area contributed by atoms with E-state index in [1.54, 1.807) is 0 Å². The summed E-state index contributed by atoms with van der Waals surface area (Å²) < 4.78 is 18.0. The molecule has 0 N–H and O–H groups in total. The minimum atomic E-state index is -2.68. The minimum absolute atomic E-state index is 0.525. The number of benzene rings is 4. The Morgan fingerprint density at radius 1 is 0.667 bits per heavy atom. The molecule has 0 bridgehead atoms. The SMILES string of the molecule is CCC(F)C[PH](c1ccccc1)(c1ccccc1)N(C)P(c1ccccc1)c1ccccc1. The summed E-state index contributed by atoms with van der Waals surface area (Å²) in [6, 6.07) is 42.8. The van der Waals surface area contributed by atoms with E-state index in [-0.39, 0.29) is 0 Å². The number of alkyl halides is 1. The zero-order chi connectivity index (χ0) is 23.1. The summed E-state index contributed by atoms with van der Waals surface area (Å²) in [6.45, 7) is 1.96. The van der Waals surface area contributed by atoms with Gasteiger partial charge in [-0.3, -0.25) is 0 Å². The van der Waals surface area contributed by atoms with Crippen molar-refractivity contribution < 1.29 is 4.39 Å². The first-order valence-corrected chi connectivity index (χ1v) is 15.0. The molecule has 1 atom stereocenters. The molecule has 0 radical (unpaired) electrons. The van der Waals surface area contributed by atoms with Gasteiger partial charge in [0.25, 0.3) is 0 Å². The van der Waals surface area contributed by atoms with Gasteiger partial charge in [-0.1, -0.05) is 0 Å². The molecule has 0 heterocycles. The van der Waals surface area contributed by atoms with Gasteiger partial charge in [0, 0.05) is 0 Å². The molecule has 0 aromatic heterocycles. The molecule has 0 amide bonds. The summed E-state index contributed by atoms with van der Waals surface area (Å²) in [6.07, 6.45) is 0.201. The molecule has 0 spiro atoms. The summed E-state index contributed by atoms with van der Waals surface area (Å²) in [7, 11) is -1.29. The molecule has 0 fully saturated rings. The molecule has 4 aromatic carbocycles. The van der Waals surface area contributed by atoms with Crippen LogP contribution in [0.4, 0.5) is 4.39 Å². The van der Waals surface area contributed by atoms with Crippen molar-refractivity contribution in [2.45, 2.75) is 19.5 Å². The van der Waals surface area contributed by atoms with Crippen molar-refractivity contribution >= 4 is 36.7 Å². The Morgan fingerprint density at radius 3 is 1.39 bits per heavy atom. The van der Waals surface area contributed by atoms with Gasteiger partial charge in [-0.15, -0.1) is 0 Å². The van der Waals surface area contributed by atoms with Gasteiger partial charge < -0.3 is 0 Å². The predicted molar refractivity (Wildman–Crippen MR) is 147 cm³/mol. The summed E-state index contributed by atoms with van der Waals surface area (Å²) in [5, 5.41) is 5.09. The van der Waals surface area contributed by atoms with Gasteiger partial charge in [0.1, 0.15) is 0 Å². The Hall–Kier alpha value is -2.37. The van der Waals surface area contributed by atoms with E-state index in [9.17, 15) is 0 Å². The van der Waals surface area contributed by atoms with Gasteiger partial charge in [0.15, 0.2) is 0 Å². The Labute approximate surface area is 199 Å². The molecule has 0 aliphatic heterocycles. The van der Waals surface area contributed by atoms with Crippen molar-refractivity contribution in [3.8, 4) is 0 Å². The topological polar surface area (TPSA) is 3.24 Å². The second-order valence-electron chi connectivity index (χ2n) is 8.31. The molecule has 0 aliphatic carbocycles. The van der Waals surface area contributed by atoms with Crippen LogP contribution in [0.5, 0.6) is 0 Å². The number of nitrogens with zero attached hydrogens (tertiary/aromatic N) is 1. The van der Waals surface area contributed by atoms with Crippen LogP contribution in [0.2, 0.25) is 0 Å². The quantitative estimate of drug-likeness (QED) is 0.267. The molecule has 0 aliphatic rings. The van der Waals surface area contributed by atoms with Crippen LogP contribution in [-0.4, -0.2) is 23.8 Å². The van der Waals surface area contributed by atoms with Crippen LogP contribution in [0.3, 0.4) is 0 Å². The number of hydrogen-bond acceptors (Lipinski definition) is 1. The summed E-state index contributed by atoms with van der Waals surface area (Å²) >= 11 is 0. The monoisotopic (exact) mass is 475 g/mol. The van der Waals surface area contributed by atoms with E-state index in [1.807, 2.05) is 6.92 Å². The molecule has 170 valence electrons. The van der Waals surface area contributed by atoms with Crippen molar-refractivity contribution in [3.05, 3.63) is 121 Å². The third-order valence-electron chi connectivity index (χ3n) is 6.32. The molecule has 0 saturated heterocycles. The zero-order valence-electron chi connectivity index (χ0n) is 19.3. The maximum absolute atomic E-state index is 15.4. The van der Waals surface area contributed by atoms with Gasteiger partial charge in [0.2, 0.25) is 0 Å². The van der Waals surface area contributed by atoms with Crippen LogP contribution in [0, 0.1) is 0 Å². The second-order valence-corrected chi connectivity index (χ2v) is 14.9. The van der Waals surface area contributed by atoms with Crippen LogP contribution >= 0.6 is 15.5 Å². The Balaban J connectivity index is 1.98. The first-order chi connectivity index (χ1) is 16.2. The van der Waals surface area contributed by atoms with Gasteiger partial charge >= 0.3 is 200 Å². The van der Waals surface area contributed by atoms with E-state index in [0.29, 0.717) is 12.6 Å². The van der Waals surface area contributed by atoms with E-state index in [4.69, 9.17) is 0 Å². The average Bonchev–Trinajstić information content (AvgIpc) is 2.89. The Bertz CT molecular complexity index is 1030. The first-order valence-electron chi connectivity index (χ1n) is 11.6. The molecular formula is C29H32FNP2. The first kappa shape index (κ1) is 23.8. The molecule has 4 heteroatoms. The van der Waals surface area contributed by atoms with Crippen molar-refractivity contribution in [2.24, 2.45) is 0 Å². The van der Waals surface area contributed by atoms with Gasteiger partial charge in [-0.2, -0.15) is 0 Å². The summed E-state index contributed by atoms with van der Waals surface area (Å²) in [4.78, 5) is 0. The summed E-state index contributed by atoms with van der Waals surface area (Å²) in [5.41, 5.74) is 0. The molecule has 1 unspecified atom stereocenters. The van der Waals surface area contributed by atoms with Crippen molar-refractivity contribution in [3.63, 3.8) is 0 Å². The van der Waals surface area contributed by atoms with Crippen LogP contribution < -0.4 is 21.2 Å². The second kappa shape index (κ2) is 11.2. The molecule has 4 rings (SSSR count). The van der Waals surface area contributed by atoms with E-state index in [2.05, 4.69) is 133 Å². The van der Waals surface area contributed by atoms with Crippen LogP contribution in [0.25, 0.3) is 0 Å². The number of hydrogen-bond donors (Lipinski definition) is 0. The third kappa shape index (κ3) is 5.10. The summed E-state index contributed by atoms with van der Waals surface area (Å²) in [5.74, 6) is 0. The predicted octanol–water partition coefficient (Wildman–Crippen LogP) is 6.03. The van der Waals surface area contributed by atoms with Crippen molar-refractivity contribution in [2.75, 3.05) is 13.2 Å². The normalized spacial score (nSPS) is 13.2. The van der Waals surface area contributed by atoms with Crippen LogP contribution in [0.1, 0.15) is 13.3 Å². The molecule has 33 heavy (non-hydrogen) atoms. The van der Waals surface area contributed by atoms with Gasteiger partial charge in [-0.25, -0.2) is 0 Å². The van der Waals surface area contributed by atoms with Crippen molar-refractivity contribution in [1.29, 1.82) is 0 Å². The van der Waals surface area contributed by atoms with E-state index in [0.717, 1.165) is 0 Å². The fourth-order valence-electron chi connectivity index (χ4n) is 4.61. The molecule has 4 aromatic rings. The van der Waals surface area contributed by atoms with E-state index in [1.165, 1.54) is 21.2 Å². The van der Waals surface area contributed by atoms with Crippen LogP contribution in [-0.2, 0) is 0 Å². The standard InChI is InChI=1S/C29H32FNP2/c1-3-25(30)24-33(28-20-12-6-13-21-28,29-22-14-7-15-23-29)31(2)32(26-16-8-4-9-17-26)27-18-10-5-11-19-27/h4-23,25,33H,3,24H2,1-2H3. The van der Waals surface area contributed by atoms with E-state index < -0.39 is 21.7 Å². The fraction of sp³-hybridized carbons (Fsp3) is 0.172. The molecular weight excluding hydrogens is 443 g/mol. The fourth-order valence-corrected chi connectivity index (χ4v) is 13.7. The molecule has 0 saturated carbocycles. The van der Waals surface area contributed by atoms with Gasteiger partial charge in [0.05, 0.1) is 0 Å². The van der Waals surface area contributed by atoms with Crippen LogP contribution in [0.15, 0.2) is 121 Å². The molecule has 1 nitrogen and oxygen atoms in total. The zero-order valence-corrected chi connectivity index (χ0v) is 21.2. The Morgan fingerprint density at radius 2 is 1.03 bits per heavy atom. The average molecular weight is 476 g/mol. The van der Waals surface area contributed by atoms with Gasteiger partial charge in [-0.05, 0) is 0 Å². The maximum atomic E-state index is 15.4. The van der Waals surface area contributed by atoms with E-state index >= 15 is 4.39 Å². The van der Waals surface area contributed by atoms with Crippen molar-refractivity contribution in [1.82, 2.24) is 4.44 Å². The number of rotatable bonds is 9.